The molecule has 0 aromatic carbocycles. The summed E-state index contributed by atoms with van der Waals surface area (Å²) < 4.78 is 30.1. The van der Waals surface area contributed by atoms with Gasteiger partial charge in [0, 0.05) is 17.7 Å². The third-order valence-corrected chi connectivity index (χ3v) is 10.1. The molecule has 2 rings (SSSR count). The lowest BCUT2D eigenvalue weighted by Gasteiger charge is -2.31. The van der Waals surface area contributed by atoms with Crippen molar-refractivity contribution in [2.75, 3.05) is 5.75 Å². The number of sulfone groups is 1. The molecule has 0 fully saturated rings. The number of aliphatic hydroxyl groups excluding tert-OH is 1. The van der Waals surface area contributed by atoms with E-state index in [2.05, 4.69) is 4.98 Å². The Hall–Kier alpha value is -1.84. The van der Waals surface area contributed by atoms with Crippen LogP contribution in [0, 0.1) is 18.8 Å². The molecule has 4 atom stereocenters. The molecule has 0 saturated carbocycles. The van der Waals surface area contributed by atoms with Crippen molar-refractivity contribution in [3.8, 4) is 0 Å². The third kappa shape index (κ3) is 7.57. The molecule has 1 aliphatic rings. The van der Waals surface area contributed by atoms with Gasteiger partial charge in [-0.15, -0.1) is 11.3 Å². The van der Waals surface area contributed by atoms with Gasteiger partial charge in [0.15, 0.2) is 15.6 Å². The second-order valence-corrected chi connectivity index (χ2v) is 13.8. The Labute approximate surface area is 213 Å². The van der Waals surface area contributed by atoms with Gasteiger partial charge >= 0.3 is 5.97 Å². The Bertz CT molecular complexity index is 1080. The van der Waals surface area contributed by atoms with Crippen LogP contribution in [0.3, 0.4) is 0 Å². The lowest BCUT2D eigenvalue weighted by Crippen LogP contribution is -2.49. The zero-order valence-corrected chi connectivity index (χ0v) is 23.5. The molecule has 1 N–H and O–H groups in total. The van der Waals surface area contributed by atoms with Gasteiger partial charge in [0.2, 0.25) is 0 Å². The highest BCUT2D eigenvalue weighted by atomic mass is 32.2. The number of aromatic nitrogens is 1. The normalized spacial score (nSPS) is 30.9. The van der Waals surface area contributed by atoms with Gasteiger partial charge in [0.05, 0.1) is 16.8 Å². The zero-order chi connectivity index (χ0) is 26.6. The molecule has 196 valence electrons. The lowest BCUT2D eigenvalue weighted by molar-refractivity contribution is -0.144. The third-order valence-electron chi connectivity index (χ3n) is 6.89. The fourth-order valence-corrected chi connectivity index (χ4v) is 6.06. The van der Waals surface area contributed by atoms with Gasteiger partial charge in [-0.2, -0.15) is 0 Å². The smallest absolute Gasteiger partial charge is 0.321 e. The van der Waals surface area contributed by atoms with Gasteiger partial charge in [-0.1, -0.05) is 25.5 Å². The number of aliphatic hydroxyl groups is 1. The molecule has 1 aromatic rings. The molecule has 1 aliphatic heterocycles. The summed E-state index contributed by atoms with van der Waals surface area (Å²) in [7, 11) is -4.19. The molecule has 7 nitrogen and oxygen atoms in total. The van der Waals surface area contributed by atoms with Gasteiger partial charge in [-0.25, -0.2) is 13.4 Å². The summed E-state index contributed by atoms with van der Waals surface area (Å²) in [6.07, 6.45) is 4.98. The number of thiazole rings is 1. The number of allylic oxidation sites excluding steroid dienone is 1. The van der Waals surface area contributed by atoms with Crippen LogP contribution >= 0.6 is 11.3 Å². The van der Waals surface area contributed by atoms with Crippen LogP contribution in [-0.2, 0) is 24.2 Å². The Morgan fingerprint density at radius 3 is 2.51 bits per heavy atom. The van der Waals surface area contributed by atoms with Crippen LogP contribution in [0.25, 0.3) is 6.08 Å². The van der Waals surface area contributed by atoms with E-state index in [1.807, 2.05) is 45.2 Å². The predicted octanol–water partition coefficient (Wildman–Crippen LogP) is 4.68. The summed E-state index contributed by atoms with van der Waals surface area (Å²) >= 11 is 1.52. The highest BCUT2D eigenvalue weighted by molar-refractivity contribution is 7.94. The highest BCUT2D eigenvalue weighted by Gasteiger charge is 2.46. The minimum atomic E-state index is -4.19. The first-order valence-corrected chi connectivity index (χ1v) is 14.6. The van der Waals surface area contributed by atoms with Crippen molar-refractivity contribution >= 4 is 39.0 Å². The average Bonchev–Trinajstić information content (AvgIpc) is 3.17. The first-order chi connectivity index (χ1) is 16.2. The molecule has 1 unspecified atom stereocenters. The summed E-state index contributed by atoms with van der Waals surface area (Å²) in [5, 5.41) is 13.6. The topological polar surface area (TPSA) is 111 Å². The first kappa shape index (κ1) is 29.4. The molecular weight excluding hydrogens is 486 g/mol. The number of carbonyl (C=O) groups is 2. The van der Waals surface area contributed by atoms with Crippen LogP contribution in [0.4, 0.5) is 0 Å². The fraction of sp³-hybridized carbons (Fsp3) is 0.654. The highest BCUT2D eigenvalue weighted by Crippen LogP contribution is 2.29. The van der Waals surface area contributed by atoms with Crippen molar-refractivity contribution in [3.63, 3.8) is 0 Å². The lowest BCUT2D eigenvalue weighted by atomic mass is 9.83. The standard InChI is InChI=1S/C26H39NO6S2/c1-16-9-8-10-17(2)24(29)19(4)25(30)26(6,7)35(31,32)15-23(28)33-22(12-11-16)18(3)13-21-14-34-20(5)27-21/h11,13-14,17,19,22,24,29H,8-10,12,15H2,1-7H3/b16-11-,18-13+/t17-,19+,22?,24+/m0/s1. The van der Waals surface area contributed by atoms with E-state index in [1.54, 1.807) is 6.92 Å². The largest absolute Gasteiger partial charge is 0.457 e. The van der Waals surface area contributed by atoms with Crippen LogP contribution in [0.15, 0.2) is 22.6 Å². The van der Waals surface area contributed by atoms with Crippen LogP contribution in [0.1, 0.15) is 77.9 Å². The molecule has 0 spiro atoms. The number of aryl methyl sites for hydroxylation is 1. The van der Waals surface area contributed by atoms with Gasteiger partial charge in [-0.3, -0.25) is 9.59 Å². The van der Waals surface area contributed by atoms with Gasteiger partial charge in [-0.05, 0) is 71.4 Å². The maximum atomic E-state index is 13.2. The van der Waals surface area contributed by atoms with E-state index in [9.17, 15) is 23.1 Å². The molecule has 2 heterocycles. The molecule has 0 amide bonds. The van der Waals surface area contributed by atoms with Crippen molar-refractivity contribution < 1.29 is 27.9 Å². The predicted molar refractivity (Wildman–Crippen MR) is 140 cm³/mol. The quantitative estimate of drug-likeness (QED) is 0.441. The van der Waals surface area contributed by atoms with Gasteiger partial charge in [0.1, 0.15) is 16.6 Å². The molecule has 35 heavy (non-hydrogen) atoms. The number of hydrogen-bond donors (Lipinski definition) is 1. The first-order valence-electron chi connectivity index (χ1n) is 12.1. The average molecular weight is 526 g/mol. The van der Waals surface area contributed by atoms with Crippen molar-refractivity contribution in [1.29, 1.82) is 0 Å². The molecule has 9 heteroatoms. The van der Waals surface area contributed by atoms with E-state index < -0.39 is 50.2 Å². The van der Waals surface area contributed by atoms with Gasteiger partial charge < -0.3 is 9.84 Å². The zero-order valence-electron chi connectivity index (χ0n) is 21.8. The number of Topliss-reactive ketones (excluding diaryl/α,β-unsaturated/α-hetero) is 1. The van der Waals surface area contributed by atoms with Crippen LogP contribution in [-0.4, -0.2) is 53.0 Å². The second kappa shape index (κ2) is 11.9. The number of carbonyl (C=O) groups excluding carboxylic acids is 2. The Kier molecular flexibility index (Phi) is 10.0. The minimum Gasteiger partial charge on any atom is -0.457 e. The monoisotopic (exact) mass is 525 g/mol. The number of rotatable bonds is 2. The number of ether oxygens (including phenoxy) is 1. The van der Waals surface area contributed by atoms with Crippen molar-refractivity contribution in [2.24, 2.45) is 11.8 Å². The van der Waals surface area contributed by atoms with Crippen molar-refractivity contribution in [1.82, 2.24) is 4.98 Å². The molecule has 0 aliphatic carbocycles. The van der Waals surface area contributed by atoms with E-state index >= 15 is 0 Å². The van der Waals surface area contributed by atoms with E-state index in [1.165, 1.54) is 25.2 Å². The number of cyclic esters (lactones) is 1. The number of esters is 1. The summed E-state index contributed by atoms with van der Waals surface area (Å²) in [5.41, 5.74) is 2.64. The Balaban J connectivity index is 2.41. The SMILES string of the molecule is C/C1=C/CC(/C(C)=C/c2csc(C)n2)OC(=O)CS(=O)(=O)C(C)(C)C(=O)[C@H](C)[C@H](O)[C@@H](C)CCC1. The van der Waals surface area contributed by atoms with E-state index in [-0.39, 0.29) is 5.92 Å². The summed E-state index contributed by atoms with van der Waals surface area (Å²) in [4.78, 5) is 30.4. The van der Waals surface area contributed by atoms with Crippen molar-refractivity contribution in [3.05, 3.63) is 33.3 Å². The fourth-order valence-electron chi connectivity index (χ4n) is 4.26. The number of ketones is 1. The Morgan fingerprint density at radius 1 is 1.26 bits per heavy atom. The Morgan fingerprint density at radius 2 is 1.91 bits per heavy atom. The number of nitrogens with zero attached hydrogens (tertiary/aromatic N) is 1. The van der Waals surface area contributed by atoms with E-state index in [0.29, 0.717) is 12.8 Å². The minimum absolute atomic E-state index is 0.169. The van der Waals surface area contributed by atoms with Crippen LogP contribution in [0.5, 0.6) is 0 Å². The van der Waals surface area contributed by atoms with E-state index in [4.69, 9.17) is 4.74 Å². The van der Waals surface area contributed by atoms with Crippen molar-refractivity contribution in [2.45, 2.75) is 91.1 Å². The molecule has 0 bridgehead atoms. The summed E-state index contributed by atoms with van der Waals surface area (Å²) in [5.74, 6) is -3.46. The molecule has 1 aromatic heterocycles. The molecule has 0 saturated heterocycles. The van der Waals surface area contributed by atoms with Crippen LogP contribution < -0.4 is 0 Å². The summed E-state index contributed by atoms with van der Waals surface area (Å²) in [6, 6.07) is 0. The number of hydrogen-bond acceptors (Lipinski definition) is 8. The van der Waals surface area contributed by atoms with Gasteiger partial charge in [0.25, 0.3) is 0 Å². The maximum absolute atomic E-state index is 13.2. The molecular formula is C26H39NO6S2. The van der Waals surface area contributed by atoms with Crippen LogP contribution in [0.2, 0.25) is 0 Å². The molecule has 0 radical (unpaired) electrons. The van der Waals surface area contributed by atoms with E-state index in [0.717, 1.165) is 34.7 Å². The second-order valence-electron chi connectivity index (χ2n) is 10.2. The maximum Gasteiger partial charge on any atom is 0.321 e. The summed E-state index contributed by atoms with van der Waals surface area (Å²) in [6.45, 7) is 11.8.